The van der Waals surface area contributed by atoms with Gasteiger partial charge in [-0.05, 0) is 74.7 Å². The zero-order valence-corrected chi connectivity index (χ0v) is 24.2. The summed E-state index contributed by atoms with van der Waals surface area (Å²) in [5.74, 6) is -0.524. The van der Waals surface area contributed by atoms with Crippen LogP contribution in [0.2, 0.25) is 0 Å². The quantitative estimate of drug-likeness (QED) is 0.344. The number of amides is 2. The van der Waals surface area contributed by atoms with E-state index in [2.05, 4.69) is 27.5 Å². The summed E-state index contributed by atoms with van der Waals surface area (Å²) in [7, 11) is 0. The molecule has 1 N–H and O–H groups in total. The fourth-order valence-electron chi connectivity index (χ4n) is 5.11. The molecule has 2 heterocycles. The number of para-hydroxylation sites is 1. The molecule has 1 aliphatic rings. The summed E-state index contributed by atoms with van der Waals surface area (Å²) >= 11 is 0. The van der Waals surface area contributed by atoms with Gasteiger partial charge in [-0.3, -0.25) is 14.5 Å². The first-order valence-electron chi connectivity index (χ1n) is 14.2. The van der Waals surface area contributed by atoms with Crippen molar-refractivity contribution in [2.24, 2.45) is 0 Å². The number of ether oxygens (including phenoxy) is 1. The number of aromatic nitrogens is 3. The van der Waals surface area contributed by atoms with Crippen LogP contribution in [-0.4, -0.2) is 58.7 Å². The van der Waals surface area contributed by atoms with Gasteiger partial charge in [0.25, 0.3) is 0 Å². The lowest BCUT2D eigenvalue weighted by Crippen LogP contribution is -2.50. The molecule has 0 radical (unpaired) electrons. The molecule has 5 rings (SSSR count). The summed E-state index contributed by atoms with van der Waals surface area (Å²) < 4.78 is 7.09. The summed E-state index contributed by atoms with van der Waals surface area (Å²) in [6.07, 6.45) is 0.871. The molecule has 1 aromatic heterocycles. The highest BCUT2D eigenvalue weighted by Gasteiger charge is 2.35. The minimum atomic E-state index is -0.900. The zero-order valence-electron chi connectivity index (χ0n) is 24.2. The molecule has 1 fully saturated rings. The molecule has 0 bridgehead atoms. The Morgan fingerprint density at radius 3 is 2.32 bits per heavy atom. The van der Waals surface area contributed by atoms with Crippen molar-refractivity contribution in [1.29, 1.82) is 0 Å². The maximum atomic E-state index is 14.2. The van der Waals surface area contributed by atoms with E-state index in [1.54, 1.807) is 9.58 Å². The van der Waals surface area contributed by atoms with Crippen molar-refractivity contribution in [2.45, 2.75) is 52.2 Å². The van der Waals surface area contributed by atoms with E-state index in [-0.39, 0.29) is 18.4 Å². The van der Waals surface area contributed by atoms with Crippen molar-refractivity contribution in [2.75, 3.05) is 36.1 Å². The van der Waals surface area contributed by atoms with Crippen LogP contribution in [0.3, 0.4) is 0 Å². The van der Waals surface area contributed by atoms with Crippen LogP contribution in [0.1, 0.15) is 44.9 Å². The average molecular weight is 555 g/mol. The Balaban J connectivity index is 1.56. The minimum Gasteiger partial charge on any atom is -0.378 e. The molecular weight excluding hydrogens is 516 g/mol. The molecule has 0 aliphatic carbocycles. The monoisotopic (exact) mass is 554 g/mol. The first-order valence-corrected chi connectivity index (χ1v) is 14.2. The summed E-state index contributed by atoms with van der Waals surface area (Å²) in [6.45, 7) is 10.8. The van der Waals surface area contributed by atoms with Crippen molar-refractivity contribution < 1.29 is 14.3 Å². The zero-order chi connectivity index (χ0) is 29.0. The van der Waals surface area contributed by atoms with Gasteiger partial charge in [0.2, 0.25) is 11.8 Å². The fourth-order valence-corrected chi connectivity index (χ4v) is 5.11. The highest BCUT2D eigenvalue weighted by atomic mass is 16.5. The highest BCUT2D eigenvalue weighted by molar-refractivity contribution is 6.01. The van der Waals surface area contributed by atoms with Gasteiger partial charge < -0.3 is 15.0 Å². The van der Waals surface area contributed by atoms with Crippen LogP contribution in [0.25, 0.3) is 11.0 Å². The third-order valence-corrected chi connectivity index (χ3v) is 7.19. The van der Waals surface area contributed by atoms with Crippen molar-refractivity contribution in [1.82, 2.24) is 20.3 Å². The molecule has 3 aromatic carbocycles. The van der Waals surface area contributed by atoms with Crippen molar-refractivity contribution >= 4 is 34.2 Å². The Kier molecular flexibility index (Phi) is 8.35. The Bertz CT molecular complexity index is 1480. The maximum Gasteiger partial charge on any atom is 0.249 e. The number of carbonyl (C=O) groups excluding carboxylic acids is 2. The first-order chi connectivity index (χ1) is 19.7. The largest absolute Gasteiger partial charge is 0.378 e. The number of carbonyl (C=O) groups is 2. The molecule has 9 nitrogen and oxygen atoms in total. The second kappa shape index (κ2) is 12.1. The second-order valence-corrected chi connectivity index (χ2v) is 11.4. The lowest BCUT2D eigenvalue weighted by Gasteiger charge is -2.34. The number of rotatable bonds is 8. The van der Waals surface area contributed by atoms with E-state index >= 15 is 0 Å². The fraction of sp³-hybridized carbons (Fsp3) is 0.375. The number of benzene rings is 3. The number of aryl methyl sites for hydroxylation is 1. The summed E-state index contributed by atoms with van der Waals surface area (Å²) in [5, 5.41) is 11.6. The smallest absolute Gasteiger partial charge is 0.249 e. The van der Waals surface area contributed by atoms with Gasteiger partial charge in [-0.15, -0.1) is 5.10 Å². The number of nitrogens with zero attached hydrogens (tertiary/aromatic N) is 5. The Hall–Kier alpha value is -4.24. The Morgan fingerprint density at radius 1 is 0.976 bits per heavy atom. The lowest BCUT2D eigenvalue weighted by molar-refractivity contribution is -0.128. The molecule has 9 heteroatoms. The van der Waals surface area contributed by atoms with Crippen LogP contribution in [0.15, 0.2) is 72.8 Å². The molecular formula is C32H38N6O3. The van der Waals surface area contributed by atoms with E-state index in [1.807, 2.05) is 93.6 Å². The molecule has 41 heavy (non-hydrogen) atoms. The van der Waals surface area contributed by atoms with E-state index in [1.165, 1.54) is 0 Å². The number of morpholine rings is 1. The standard InChI is InChI=1S/C32H38N6O3/c1-5-23-10-14-26(15-11-23)38(29(39)22-37-28-9-7-6-8-27(28)34-35-37)30(31(40)33-32(2,3)4)24-12-16-25(17-13-24)36-18-20-41-21-19-36/h6-17,30H,5,18-22H2,1-4H3,(H,33,40)/t30-/m1/s1. The van der Waals surface area contributed by atoms with Crippen molar-refractivity contribution in [3.8, 4) is 0 Å². The highest BCUT2D eigenvalue weighted by Crippen LogP contribution is 2.31. The minimum absolute atomic E-state index is 0.0683. The normalized spacial score (nSPS) is 14.6. The summed E-state index contributed by atoms with van der Waals surface area (Å²) in [5.41, 5.74) is 4.54. The van der Waals surface area contributed by atoms with E-state index in [9.17, 15) is 9.59 Å². The number of anilines is 2. The number of hydrogen-bond donors (Lipinski definition) is 1. The van der Waals surface area contributed by atoms with Gasteiger partial charge in [-0.25, -0.2) is 4.68 Å². The summed E-state index contributed by atoms with van der Waals surface area (Å²) in [4.78, 5) is 32.1. The van der Waals surface area contributed by atoms with Crippen LogP contribution in [-0.2, 0) is 27.3 Å². The first kappa shape index (κ1) is 28.3. The molecule has 2 amide bonds. The van der Waals surface area contributed by atoms with E-state index in [4.69, 9.17) is 4.74 Å². The van der Waals surface area contributed by atoms with Gasteiger partial charge in [-0.1, -0.05) is 48.5 Å². The van der Waals surface area contributed by atoms with Crippen molar-refractivity contribution in [3.63, 3.8) is 0 Å². The molecule has 1 saturated heterocycles. The van der Waals surface area contributed by atoms with Crippen LogP contribution in [0, 0.1) is 0 Å². The van der Waals surface area contributed by atoms with Gasteiger partial charge in [0.05, 0.1) is 18.7 Å². The molecule has 1 atom stereocenters. The Labute approximate surface area is 241 Å². The average Bonchev–Trinajstić information content (AvgIpc) is 3.38. The summed E-state index contributed by atoms with van der Waals surface area (Å²) in [6, 6.07) is 22.4. The van der Waals surface area contributed by atoms with Gasteiger partial charge in [-0.2, -0.15) is 0 Å². The third-order valence-electron chi connectivity index (χ3n) is 7.19. The van der Waals surface area contributed by atoms with E-state index < -0.39 is 11.6 Å². The second-order valence-electron chi connectivity index (χ2n) is 11.4. The molecule has 4 aromatic rings. The molecule has 0 unspecified atom stereocenters. The Morgan fingerprint density at radius 2 is 1.66 bits per heavy atom. The van der Waals surface area contributed by atoms with Crippen molar-refractivity contribution in [3.05, 3.63) is 83.9 Å². The molecule has 0 saturated carbocycles. The van der Waals surface area contributed by atoms with Crippen LogP contribution in [0.4, 0.5) is 11.4 Å². The van der Waals surface area contributed by atoms with Crippen LogP contribution in [0.5, 0.6) is 0 Å². The van der Waals surface area contributed by atoms with E-state index in [0.29, 0.717) is 24.4 Å². The van der Waals surface area contributed by atoms with Crippen LogP contribution < -0.4 is 15.1 Å². The number of nitrogens with one attached hydrogen (secondary N) is 1. The number of hydrogen-bond acceptors (Lipinski definition) is 6. The maximum absolute atomic E-state index is 14.2. The third kappa shape index (κ3) is 6.57. The van der Waals surface area contributed by atoms with Gasteiger partial charge in [0.1, 0.15) is 18.1 Å². The molecule has 0 spiro atoms. The molecule has 214 valence electrons. The van der Waals surface area contributed by atoms with E-state index in [0.717, 1.165) is 41.8 Å². The van der Waals surface area contributed by atoms with Gasteiger partial charge >= 0.3 is 0 Å². The van der Waals surface area contributed by atoms with Gasteiger partial charge in [0, 0.05) is 30.0 Å². The lowest BCUT2D eigenvalue weighted by atomic mass is 9.99. The predicted octanol–water partition coefficient (Wildman–Crippen LogP) is 4.52. The van der Waals surface area contributed by atoms with Crippen LogP contribution >= 0.6 is 0 Å². The SMILES string of the molecule is CCc1ccc(N(C(=O)Cn2nnc3ccccc32)[C@@H](C(=O)NC(C)(C)C)c2ccc(N3CCOCC3)cc2)cc1. The molecule has 1 aliphatic heterocycles. The predicted molar refractivity (Wildman–Crippen MR) is 161 cm³/mol. The van der Waals surface area contributed by atoms with Gasteiger partial charge in [0.15, 0.2) is 0 Å². The number of fused-ring (bicyclic) bond motifs is 1. The topological polar surface area (TPSA) is 92.6 Å².